The third kappa shape index (κ3) is 5.57. The molecule has 0 aliphatic heterocycles. The summed E-state index contributed by atoms with van der Waals surface area (Å²) in [6.45, 7) is 6.78. The summed E-state index contributed by atoms with van der Waals surface area (Å²) in [4.78, 5) is 18.2. The number of guanidine groups is 1. The number of rotatable bonds is 6. The van der Waals surface area contributed by atoms with E-state index in [0.29, 0.717) is 12.5 Å². The number of benzene rings is 1. The van der Waals surface area contributed by atoms with Gasteiger partial charge in [-0.1, -0.05) is 30.3 Å². The third-order valence-corrected chi connectivity index (χ3v) is 4.61. The molecule has 1 aromatic heterocycles. The second-order valence-corrected chi connectivity index (χ2v) is 6.86. The van der Waals surface area contributed by atoms with Crippen molar-refractivity contribution in [2.24, 2.45) is 12.0 Å². The van der Waals surface area contributed by atoms with Crippen molar-refractivity contribution in [3.63, 3.8) is 0 Å². The molecule has 0 bridgehead atoms. The molecule has 0 saturated heterocycles. The van der Waals surface area contributed by atoms with Crippen molar-refractivity contribution < 1.29 is 4.79 Å². The lowest BCUT2D eigenvalue weighted by atomic mass is 10.1. The van der Waals surface area contributed by atoms with E-state index in [9.17, 15) is 4.79 Å². The van der Waals surface area contributed by atoms with Gasteiger partial charge >= 0.3 is 0 Å². The van der Waals surface area contributed by atoms with Crippen LogP contribution in [0.4, 0.5) is 0 Å². The number of hydrogen-bond donors (Lipinski definition) is 2. The summed E-state index contributed by atoms with van der Waals surface area (Å²) in [6.07, 6.45) is 0. The molecule has 0 aliphatic rings. The summed E-state index contributed by atoms with van der Waals surface area (Å²) < 4.78 is 1.86. The van der Waals surface area contributed by atoms with Crippen molar-refractivity contribution >= 4 is 11.9 Å². The Balaban J connectivity index is 2.16. The Morgan fingerprint density at radius 1 is 1.26 bits per heavy atom. The largest absolute Gasteiger partial charge is 0.350 e. The monoisotopic (exact) mass is 370 g/mol. The molecule has 2 N–H and O–H groups in total. The van der Waals surface area contributed by atoms with Crippen LogP contribution in [0.1, 0.15) is 35.5 Å². The van der Waals surface area contributed by atoms with Crippen molar-refractivity contribution in [2.75, 3.05) is 20.6 Å². The van der Waals surface area contributed by atoms with E-state index in [0.717, 1.165) is 22.5 Å². The minimum atomic E-state index is -0.00870. The summed E-state index contributed by atoms with van der Waals surface area (Å²) >= 11 is 0. The van der Waals surface area contributed by atoms with E-state index in [-0.39, 0.29) is 18.5 Å². The Bertz CT molecular complexity index is 794. The maximum absolute atomic E-state index is 12.0. The highest BCUT2D eigenvalue weighted by Gasteiger charge is 2.12. The van der Waals surface area contributed by atoms with Crippen LogP contribution in [0.3, 0.4) is 0 Å². The lowest BCUT2D eigenvalue weighted by Gasteiger charge is -2.19. The zero-order valence-electron chi connectivity index (χ0n) is 17.1. The van der Waals surface area contributed by atoms with Crippen molar-refractivity contribution in [3.05, 3.63) is 52.8 Å². The fourth-order valence-corrected chi connectivity index (χ4v) is 2.70. The van der Waals surface area contributed by atoms with Gasteiger partial charge in [0.1, 0.15) is 0 Å². The van der Waals surface area contributed by atoms with Crippen molar-refractivity contribution in [2.45, 2.75) is 33.4 Å². The van der Waals surface area contributed by atoms with Crippen LogP contribution in [0.25, 0.3) is 0 Å². The van der Waals surface area contributed by atoms with E-state index in [1.165, 1.54) is 0 Å². The molecule has 7 heteroatoms. The molecule has 0 spiro atoms. The van der Waals surface area contributed by atoms with E-state index in [1.807, 2.05) is 43.8 Å². The van der Waals surface area contributed by atoms with Gasteiger partial charge in [0.05, 0.1) is 24.8 Å². The van der Waals surface area contributed by atoms with Gasteiger partial charge in [0.2, 0.25) is 5.91 Å². The van der Waals surface area contributed by atoms with E-state index < -0.39 is 0 Å². The van der Waals surface area contributed by atoms with Gasteiger partial charge in [-0.2, -0.15) is 5.10 Å². The van der Waals surface area contributed by atoms with Crippen LogP contribution in [0.15, 0.2) is 35.3 Å². The normalized spacial score (nSPS) is 12.6. The average Bonchev–Trinajstić information content (AvgIpc) is 2.89. The number of hydrogen-bond acceptors (Lipinski definition) is 3. The summed E-state index contributed by atoms with van der Waals surface area (Å²) in [5.41, 5.74) is 4.32. The van der Waals surface area contributed by atoms with E-state index in [1.54, 1.807) is 19.0 Å². The number of carbonyl (C=O) groups is 1. The second-order valence-electron chi connectivity index (χ2n) is 6.86. The highest BCUT2D eigenvalue weighted by Crippen LogP contribution is 2.14. The lowest BCUT2D eigenvalue weighted by molar-refractivity contribution is -0.127. The Morgan fingerprint density at radius 3 is 2.48 bits per heavy atom. The highest BCUT2D eigenvalue weighted by molar-refractivity contribution is 5.86. The summed E-state index contributed by atoms with van der Waals surface area (Å²) in [5.74, 6) is 0.592. The fourth-order valence-electron chi connectivity index (χ4n) is 2.70. The van der Waals surface area contributed by atoms with Crippen molar-refractivity contribution in [3.8, 4) is 0 Å². The predicted octanol–water partition coefficient (Wildman–Crippen LogP) is 1.92. The Morgan fingerprint density at radius 2 is 1.93 bits per heavy atom. The maximum Gasteiger partial charge on any atom is 0.241 e. The van der Waals surface area contributed by atoms with Crippen LogP contribution in [0.5, 0.6) is 0 Å². The maximum atomic E-state index is 12.0. The van der Waals surface area contributed by atoms with Crippen molar-refractivity contribution in [1.82, 2.24) is 25.3 Å². The Hall–Kier alpha value is -2.83. The Kier molecular flexibility index (Phi) is 6.98. The summed E-state index contributed by atoms with van der Waals surface area (Å²) in [6, 6.07) is 10.2. The first-order chi connectivity index (χ1) is 12.8. The van der Waals surface area contributed by atoms with E-state index in [4.69, 9.17) is 4.99 Å². The summed E-state index contributed by atoms with van der Waals surface area (Å²) in [7, 11) is 5.41. The topological polar surface area (TPSA) is 74.5 Å². The number of nitrogens with zero attached hydrogens (tertiary/aromatic N) is 4. The number of likely N-dealkylation sites (N-methyl/N-ethyl adjacent to an activating group) is 1. The molecule has 7 nitrogen and oxygen atoms in total. The smallest absolute Gasteiger partial charge is 0.241 e. The first-order valence-electron chi connectivity index (χ1n) is 9.08. The van der Waals surface area contributed by atoms with Gasteiger partial charge in [0.25, 0.3) is 0 Å². The first-order valence-corrected chi connectivity index (χ1v) is 9.08. The summed E-state index contributed by atoms with van der Waals surface area (Å²) in [5, 5.41) is 11.0. The van der Waals surface area contributed by atoms with Crippen LogP contribution in [0, 0.1) is 13.8 Å². The SMILES string of the molecule is Cc1nn(C)c(C)c1CN=C(NCC(=O)N(C)C)NC(C)c1ccccc1. The van der Waals surface area contributed by atoms with Gasteiger partial charge in [0, 0.05) is 32.4 Å². The molecule has 2 rings (SSSR count). The van der Waals surface area contributed by atoms with Crippen LogP contribution in [-0.2, 0) is 18.4 Å². The molecule has 1 aromatic carbocycles. The van der Waals surface area contributed by atoms with Crippen LogP contribution < -0.4 is 10.6 Å². The molecule has 146 valence electrons. The molecule has 0 radical (unpaired) electrons. The molecule has 2 aromatic rings. The number of carbonyl (C=O) groups excluding carboxylic acids is 1. The van der Waals surface area contributed by atoms with E-state index in [2.05, 4.69) is 34.8 Å². The van der Waals surface area contributed by atoms with Crippen LogP contribution >= 0.6 is 0 Å². The zero-order valence-corrected chi connectivity index (χ0v) is 17.1. The molecule has 1 amide bonds. The highest BCUT2D eigenvalue weighted by atomic mass is 16.2. The standard InChI is InChI=1S/C20H30N6O/c1-14(17-10-8-7-9-11-17)23-20(22-13-19(27)25(4)5)21-12-18-15(2)24-26(6)16(18)3/h7-11,14H,12-13H2,1-6H3,(H2,21,22,23). The number of nitrogens with one attached hydrogen (secondary N) is 2. The first kappa shape index (κ1) is 20.5. The van der Waals surface area contributed by atoms with Gasteiger partial charge in [0.15, 0.2) is 5.96 Å². The molecule has 0 aliphatic carbocycles. The molecule has 27 heavy (non-hydrogen) atoms. The van der Waals surface area contributed by atoms with E-state index >= 15 is 0 Å². The average molecular weight is 371 g/mol. The molecule has 1 heterocycles. The van der Waals surface area contributed by atoms with Crippen molar-refractivity contribution in [1.29, 1.82) is 0 Å². The van der Waals surface area contributed by atoms with Gasteiger partial charge < -0.3 is 15.5 Å². The second kappa shape index (κ2) is 9.21. The number of aliphatic imine (C=N–C) groups is 1. The molecule has 1 unspecified atom stereocenters. The zero-order chi connectivity index (χ0) is 20.0. The lowest BCUT2D eigenvalue weighted by Crippen LogP contribution is -2.43. The van der Waals surface area contributed by atoms with Gasteiger partial charge in [-0.05, 0) is 26.3 Å². The minimum absolute atomic E-state index is 0.00870. The molecule has 0 saturated carbocycles. The molecule has 1 atom stereocenters. The Labute approximate surface area is 161 Å². The van der Waals surface area contributed by atoms with Gasteiger partial charge in [-0.3, -0.25) is 9.48 Å². The van der Waals surface area contributed by atoms with Gasteiger partial charge in [-0.25, -0.2) is 4.99 Å². The number of aromatic nitrogens is 2. The van der Waals surface area contributed by atoms with Crippen LogP contribution in [0.2, 0.25) is 0 Å². The number of aryl methyl sites for hydroxylation is 2. The predicted molar refractivity (Wildman–Crippen MR) is 109 cm³/mol. The fraction of sp³-hybridized carbons (Fsp3) is 0.450. The van der Waals surface area contributed by atoms with Crippen LogP contribution in [-0.4, -0.2) is 47.2 Å². The number of amides is 1. The molecular formula is C20H30N6O. The third-order valence-electron chi connectivity index (χ3n) is 4.61. The molecular weight excluding hydrogens is 340 g/mol. The minimum Gasteiger partial charge on any atom is -0.350 e. The quantitative estimate of drug-likeness (QED) is 0.602. The van der Waals surface area contributed by atoms with Gasteiger partial charge in [-0.15, -0.1) is 0 Å². The molecule has 0 fully saturated rings.